The molecular formula is C17H22FNO. The van der Waals surface area contributed by atoms with Crippen LogP contribution in [0.1, 0.15) is 24.8 Å². The second-order valence-corrected chi connectivity index (χ2v) is 6.52. The Bertz CT molecular complexity index is 518. The van der Waals surface area contributed by atoms with Gasteiger partial charge in [-0.05, 0) is 74.4 Å². The molecule has 0 aliphatic heterocycles. The standard InChI is InChI=1S/C17H22FNO/c1-19(2)10-17-12-4-3-11(5-12)6-16(17)13-7-14(18)9-15(20)8-13/h6-9,11-12,17,20H,3-5,10H2,1-2H3/t11-,12+,17+/m1/s1. The maximum absolute atomic E-state index is 13.6. The number of benzene rings is 1. The summed E-state index contributed by atoms with van der Waals surface area (Å²) in [7, 11) is 4.17. The van der Waals surface area contributed by atoms with Gasteiger partial charge >= 0.3 is 0 Å². The minimum atomic E-state index is -0.359. The summed E-state index contributed by atoms with van der Waals surface area (Å²) in [5.41, 5.74) is 2.08. The molecule has 2 aliphatic rings. The van der Waals surface area contributed by atoms with E-state index in [1.807, 2.05) is 0 Å². The van der Waals surface area contributed by atoms with E-state index in [4.69, 9.17) is 0 Å². The van der Waals surface area contributed by atoms with Crippen molar-refractivity contribution in [2.45, 2.75) is 19.3 Å². The van der Waals surface area contributed by atoms with Gasteiger partial charge in [0.1, 0.15) is 11.6 Å². The summed E-state index contributed by atoms with van der Waals surface area (Å²) in [6, 6.07) is 4.42. The first kappa shape index (κ1) is 13.6. The van der Waals surface area contributed by atoms with Gasteiger partial charge in [0.2, 0.25) is 0 Å². The molecule has 3 atom stereocenters. The monoisotopic (exact) mass is 275 g/mol. The highest BCUT2D eigenvalue weighted by Gasteiger charge is 2.37. The van der Waals surface area contributed by atoms with Crippen molar-refractivity contribution < 1.29 is 9.50 Å². The van der Waals surface area contributed by atoms with Gasteiger partial charge in [-0.3, -0.25) is 0 Å². The Kier molecular flexibility index (Phi) is 3.55. The average molecular weight is 275 g/mol. The molecule has 1 saturated carbocycles. The van der Waals surface area contributed by atoms with E-state index in [0.717, 1.165) is 12.1 Å². The minimum Gasteiger partial charge on any atom is -0.508 e. The van der Waals surface area contributed by atoms with Crippen LogP contribution in [0, 0.1) is 23.6 Å². The van der Waals surface area contributed by atoms with Crippen LogP contribution < -0.4 is 0 Å². The van der Waals surface area contributed by atoms with Crippen LogP contribution in [0.4, 0.5) is 4.39 Å². The molecule has 0 aromatic heterocycles. The molecule has 3 rings (SSSR count). The Morgan fingerprint density at radius 3 is 2.75 bits per heavy atom. The molecule has 0 saturated heterocycles. The molecule has 1 fully saturated rings. The van der Waals surface area contributed by atoms with Crippen LogP contribution in [-0.4, -0.2) is 30.6 Å². The van der Waals surface area contributed by atoms with Crippen LogP contribution in [0.2, 0.25) is 0 Å². The summed E-state index contributed by atoms with van der Waals surface area (Å²) in [4.78, 5) is 2.20. The fraction of sp³-hybridized carbons (Fsp3) is 0.529. The zero-order valence-corrected chi connectivity index (χ0v) is 12.1. The highest BCUT2D eigenvalue weighted by molar-refractivity contribution is 5.70. The number of hydrogen-bond donors (Lipinski definition) is 1. The summed E-state index contributed by atoms with van der Waals surface area (Å²) in [6.45, 7) is 0.987. The fourth-order valence-electron chi connectivity index (χ4n) is 3.89. The number of phenols is 1. The third-order valence-electron chi connectivity index (χ3n) is 4.68. The molecule has 3 heteroatoms. The molecule has 2 aliphatic carbocycles. The number of phenolic OH excluding ortho intramolecular Hbond substituents is 1. The minimum absolute atomic E-state index is 0.0161. The first-order chi connectivity index (χ1) is 9.52. The summed E-state index contributed by atoms with van der Waals surface area (Å²) in [5, 5.41) is 9.66. The van der Waals surface area contributed by atoms with Gasteiger partial charge in [0, 0.05) is 12.6 Å². The molecular weight excluding hydrogens is 253 g/mol. The van der Waals surface area contributed by atoms with Crippen molar-refractivity contribution in [2.75, 3.05) is 20.6 Å². The highest BCUT2D eigenvalue weighted by Crippen LogP contribution is 2.48. The van der Waals surface area contributed by atoms with Gasteiger partial charge in [-0.2, -0.15) is 0 Å². The quantitative estimate of drug-likeness (QED) is 0.912. The SMILES string of the molecule is CN(C)C[C@@H]1C(c2cc(O)cc(F)c2)=C[C@@H]2CC[C@H]1C2. The summed E-state index contributed by atoms with van der Waals surface area (Å²) < 4.78 is 13.6. The van der Waals surface area contributed by atoms with E-state index < -0.39 is 0 Å². The Hall–Kier alpha value is -1.35. The lowest BCUT2D eigenvalue weighted by Crippen LogP contribution is -2.29. The van der Waals surface area contributed by atoms with Crippen molar-refractivity contribution in [3.8, 4) is 5.75 Å². The molecule has 0 unspecified atom stereocenters. The van der Waals surface area contributed by atoms with E-state index in [0.29, 0.717) is 17.8 Å². The largest absolute Gasteiger partial charge is 0.508 e. The van der Waals surface area contributed by atoms with Crippen molar-refractivity contribution in [3.05, 3.63) is 35.7 Å². The summed E-state index contributed by atoms with van der Waals surface area (Å²) in [5.74, 6) is 1.45. The predicted octanol–water partition coefficient (Wildman–Crippen LogP) is 3.52. The second-order valence-electron chi connectivity index (χ2n) is 6.52. The van der Waals surface area contributed by atoms with Gasteiger partial charge in [0.25, 0.3) is 0 Å². The number of allylic oxidation sites excluding steroid dienone is 1. The maximum atomic E-state index is 13.6. The Balaban J connectivity index is 1.99. The topological polar surface area (TPSA) is 23.5 Å². The van der Waals surface area contributed by atoms with E-state index in [1.165, 1.54) is 30.9 Å². The number of rotatable bonds is 3. The van der Waals surface area contributed by atoms with E-state index >= 15 is 0 Å². The smallest absolute Gasteiger partial charge is 0.127 e. The van der Waals surface area contributed by atoms with Crippen LogP contribution in [0.25, 0.3) is 5.57 Å². The van der Waals surface area contributed by atoms with E-state index in [9.17, 15) is 9.50 Å². The molecule has 0 amide bonds. The van der Waals surface area contributed by atoms with Crippen LogP contribution in [0.5, 0.6) is 5.75 Å². The molecule has 0 radical (unpaired) electrons. The highest BCUT2D eigenvalue weighted by atomic mass is 19.1. The zero-order valence-electron chi connectivity index (χ0n) is 12.1. The molecule has 0 spiro atoms. The van der Waals surface area contributed by atoms with Gasteiger partial charge in [-0.15, -0.1) is 0 Å². The second kappa shape index (κ2) is 5.21. The van der Waals surface area contributed by atoms with Gasteiger partial charge in [-0.1, -0.05) is 6.08 Å². The molecule has 1 N–H and O–H groups in total. The number of nitrogens with zero attached hydrogens (tertiary/aromatic N) is 1. The third-order valence-corrected chi connectivity index (χ3v) is 4.68. The molecule has 2 nitrogen and oxygen atoms in total. The van der Waals surface area contributed by atoms with Crippen molar-refractivity contribution in [1.82, 2.24) is 4.90 Å². The van der Waals surface area contributed by atoms with Crippen molar-refractivity contribution in [2.24, 2.45) is 17.8 Å². The maximum Gasteiger partial charge on any atom is 0.127 e. The van der Waals surface area contributed by atoms with Gasteiger partial charge in [0.15, 0.2) is 0 Å². The Labute approximate surface area is 119 Å². The molecule has 2 bridgehead atoms. The zero-order chi connectivity index (χ0) is 14.3. The number of aromatic hydroxyl groups is 1. The van der Waals surface area contributed by atoms with Gasteiger partial charge < -0.3 is 10.0 Å². The van der Waals surface area contributed by atoms with E-state index in [2.05, 4.69) is 25.1 Å². The molecule has 108 valence electrons. The van der Waals surface area contributed by atoms with Crippen LogP contribution >= 0.6 is 0 Å². The van der Waals surface area contributed by atoms with E-state index in [1.54, 1.807) is 12.1 Å². The van der Waals surface area contributed by atoms with Crippen molar-refractivity contribution in [3.63, 3.8) is 0 Å². The van der Waals surface area contributed by atoms with Crippen LogP contribution in [0.3, 0.4) is 0 Å². The van der Waals surface area contributed by atoms with Crippen molar-refractivity contribution in [1.29, 1.82) is 0 Å². The van der Waals surface area contributed by atoms with Gasteiger partial charge in [0.05, 0.1) is 0 Å². The average Bonchev–Trinajstić information content (AvgIpc) is 2.74. The van der Waals surface area contributed by atoms with Crippen LogP contribution in [-0.2, 0) is 0 Å². The molecule has 20 heavy (non-hydrogen) atoms. The molecule has 0 heterocycles. The van der Waals surface area contributed by atoms with Crippen LogP contribution in [0.15, 0.2) is 24.3 Å². The fourth-order valence-corrected chi connectivity index (χ4v) is 3.89. The normalized spacial score (nSPS) is 28.8. The first-order valence-electron chi connectivity index (χ1n) is 7.39. The van der Waals surface area contributed by atoms with Crippen molar-refractivity contribution >= 4 is 5.57 Å². The lowest BCUT2D eigenvalue weighted by atomic mass is 9.76. The predicted molar refractivity (Wildman–Crippen MR) is 78.9 cm³/mol. The number of hydrogen-bond acceptors (Lipinski definition) is 2. The number of halogens is 1. The van der Waals surface area contributed by atoms with E-state index in [-0.39, 0.29) is 11.6 Å². The molecule has 1 aromatic carbocycles. The third kappa shape index (κ3) is 2.59. The lowest BCUT2D eigenvalue weighted by Gasteiger charge is -2.32. The molecule has 1 aromatic rings. The summed E-state index contributed by atoms with van der Waals surface area (Å²) in [6.07, 6.45) is 6.11. The van der Waals surface area contributed by atoms with Gasteiger partial charge in [-0.25, -0.2) is 4.39 Å². The number of fused-ring (bicyclic) bond motifs is 2. The first-order valence-corrected chi connectivity index (χ1v) is 7.39. The lowest BCUT2D eigenvalue weighted by molar-refractivity contribution is 0.289. The Morgan fingerprint density at radius 1 is 1.25 bits per heavy atom. The summed E-state index contributed by atoms with van der Waals surface area (Å²) >= 11 is 0. The Morgan fingerprint density at radius 2 is 2.05 bits per heavy atom.